The van der Waals surface area contributed by atoms with Gasteiger partial charge in [-0.1, -0.05) is 37.3 Å². The van der Waals surface area contributed by atoms with E-state index in [-0.39, 0.29) is 0 Å². The summed E-state index contributed by atoms with van der Waals surface area (Å²) in [7, 11) is 0. The van der Waals surface area contributed by atoms with E-state index in [9.17, 15) is 4.79 Å². The summed E-state index contributed by atoms with van der Waals surface area (Å²) in [6, 6.07) is 10.3. The lowest BCUT2D eigenvalue weighted by atomic mass is 10.1. The van der Waals surface area contributed by atoms with Gasteiger partial charge in [0.1, 0.15) is 6.04 Å². The van der Waals surface area contributed by atoms with Gasteiger partial charge in [-0.2, -0.15) is 0 Å². The lowest BCUT2D eigenvalue weighted by molar-refractivity contribution is -0.139. The second-order valence-corrected chi connectivity index (χ2v) is 5.17. The maximum atomic E-state index is 11.0. The predicted molar refractivity (Wildman–Crippen MR) is 75.0 cm³/mol. The molecule has 1 heterocycles. The van der Waals surface area contributed by atoms with Crippen LogP contribution in [0.5, 0.6) is 0 Å². The van der Waals surface area contributed by atoms with E-state index in [1.54, 1.807) is 0 Å². The van der Waals surface area contributed by atoms with Crippen LogP contribution in [0.1, 0.15) is 25.3 Å². The first-order valence-electron chi connectivity index (χ1n) is 6.94. The van der Waals surface area contributed by atoms with Gasteiger partial charge in [0.15, 0.2) is 0 Å². The van der Waals surface area contributed by atoms with Crippen molar-refractivity contribution in [2.45, 2.75) is 38.4 Å². The average molecular weight is 262 g/mol. The fourth-order valence-corrected chi connectivity index (χ4v) is 2.60. The molecule has 2 unspecified atom stereocenters. The normalized spacial score (nSPS) is 21.4. The first-order valence-corrected chi connectivity index (χ1v) is 6.94. The molecule has 0 bridgehead atoms. The molecular weight excluding hydrogens is 240 g/mol. The minimum Gasteiger partial charge on any atom is -0.480 e. The summed E-state index contributed by atoms with van der Waals surface area (Å²) in [6.45, 7) is 4.81. The van der Waals surface area contributed by atoms with Crippen LogP contribution in [0.3, 0.4) is 0 Å². The van der Waals surface area contributed by atoms with Crippen LogP contribution >= 0.6 is 0 Å². The molecule has 2 rings (SSSR count). The summed E-state index contributed by atoms with van der Waals surface area (Å²) in [6.07, 6.45) is 1.65. The highest BCUT2D eigenvalue weighted by atomic mass is 16.4. The molecule has 2 atom stereocenters. The molecule has 1 aromatic carbocycles. The SMILES string of the molecule is CCC(NC1CCN(Cc2ccccc2)C1)C(=O)O. The van der Waals surface area contributed by atoms with Gasteiger partial charge in [-0.05, 0) is 18.4 Å². The number of hydrogen-bond donors (Lipinski definition) is 2. The fraction of sp³-hybridized carbons (Fsp3) is 0.533. The fourth-order valence-electron chi connectivity index (χ4n) is 2.60. The van der Waals surface area contributed by atoms with Crippen LogP contribution in [-0.4, -0.2) is 41.1 Å². The molecule has 19 heavy (non-hydrogen) atoms. The number of carboxylic acids is 1. The van der Waals surface area contributed by atoms with Crippen molar-refractivity contribution < 1.29 is 9.90 Å². The predicted octanol–water partition coefficient (Wildman–Crippen LogP) is 1.71. The zero-order valence-electron chi connectivity index (χ0n) is 11.4. The molecule has 1 fully saturated rings. The number of aliphatic carboxylic acids is 1. The van der Waals surface area contributed by atoms with Crippen LogP contribution in [0.25, 0.3) is 0 Å². The summed E-state index contributed by atoms with van der Waals surface area (Å²) in [5.41, 5.74) is 1.31. The van der Waals surface area contributed by atoms with Crippen LogP contribution in [0.2, 0.25) is 0 Å². The van der Waals surface area contributed by atoms with Gasteiger partial charge in [-0.15, -0.1) is 0 Å². The van der Waals surface area contributed by atoms with E-state index < -0.39 is 12.0 Å². The van der Waals surface area contributed by atoms with Crippen molar-refractivity contribution in [3.8, 4) is 0 Å². The van der Waals surface area contributed by atoms with Gasteiger partial charge < -0.3 is 10.4 Å². The molecular formula is C15H22N2O2. The van der Waals surface area contributed by atoms with E-state index in [1.807, 2.05) is 13.0 Å². The van der Waals surface area contributed by atoms with Crippen molar-refractivity contribution in [2.24, 2.45) is 0 Å². The first kappa shape index (κ1) is 14.0. The van der Waals surface area contributed by atoms with Crippen molar-refractivity contribution in [3.05, 3.63) is 35.9 Å². The molecule has 104 valence electrons. The smallest absolute Gasteiger partial charge is 0.320 e. The molecule has 2 N–H and O–H groups in total. The van der Waals surface area contributed by atoms with Gasteiger partial charge in [0.25, 0.3) is 0 Å². The molecule has 1 aliphatic rings. The summed E-state index contributed by atoms with van der Waals surface area (Å²) in [5.74, 6) is -0.746. The summed E-state index contributed by atoms with van der Waals surface area (Å²) in [5, 5.41) is 12.3. The van der Waals surface area contributed by atoms with Crippen molar-refractivity contribution in [3.63, 3.8) is 0 Å². The molecule has 1 saturated heterocycles. The number of nitrogens with one attached hydrogen (secondary N) is 1. The number of carboxylic acid groups (broad SMARTS) is 1. The third-order valence-electron chi connectivity index (χ3n) is 3.66. The molecule has 1 aliphatic heterocycles. The van der Waals surface area contributed by atoms with E-state index in [2.05, 4.69) is 34.5 Å². The van der Waals surface area contributed by atoms with Crippen LogP contribution < -0.4 is 5.32 Å². The number of likely N-dealkylation sites (tertiary alicyclic amines) is 1. The molecule has 0 saturated carbocycles. The first-order chi connectivity index (χ1) is 9.19. The molecule has 4 nitrogen and oxygen atoms in total. The van der Waals surface area contributed by atoms with E-state index >= 15 is 0 Å². The van der Waals surface area contributed by atoms with Gasteiger partial charge in [0.2, 0.25) is 0 Å². The zero-order chi connectivity index (χ0) is 13.7. The Morgan fingerprint density at radius 2 is 2.21 bits per heavy atom. The summed E-state index contributed by atoms with van der Waals surface area (Å²) in [4.78, 5) is 13.4. The third kappa shape index (κ3) is 4.04. The van der Waals surface area contributed by atoms with Gasteiger partial charge >= 0.3 is 5.97 Å². The number of rotatable bonds is 6. The van der Waals surface area contributed by atoms with Crippen LogP contribution in [0.15, 0.2) is 30.3 Å². The van der Waals surface area contributed by atoms with Gasteiger partial charge in [0, 0.05) is 25.7 Å². The minimum atomic E-state index is -0.746. The molecule has 0 aromatic heterocycles. The van der Waals surface area contributed by atoms with Gasteiger partial charge in [0.05, 0.1) is 0 Å². The monoisotopic (exact) mass is 262 g/mol. The second-order valence-electron chi connectivity index (χ2n) is 5.17. The Kier molecular flexibility index (Phi) is 4.93. The van der Waals surface area contributed by atoms with Crippen LogP contribution in [-0.2, 0) is 11.3 Å². The van der Waals surface area contributed by atoms with Crippen LogP contribution in [0, 0.1) is 0 Å². The average Bonchev–Trinajstić information content (AvgIpc) is 2.84. The van der Waals surface area contributed by atoms with Crippen molar-refractivity contribution in [1.82, 2.24) is 10.2 Å². The number of hydrogen-bond acceptors (Lipinski definition) is 3. The quantitative estimate of drug-likeness (QED) is 0.819. The largest absolute Gasteiger partial charge is 0.480 e. The Labute approximate surface area is 114 Å². The second kappa shape index (κ2) is 6.68. The standard InChI is InChI=1S/C15H22N2O2/c1-2-14(15(18)19)16-13-8-9-17(11-13)10-12-6-4-3-5-7-12/h3-7,13-14,16H,2,8-11H2,1H3,(H,18,19). The molecule has 0 amide bonds. The Hall–Kier alpha value is -1.39. The summed E-state index contributed by atoms with van der Waals surface area (Å²) >= 11 is 0. The number of nitrogens with zero attached hydrogens (tertiary/aromatic N) is 1. The highest BCUT2D eigenvalue weighted by Gasteiger charge is 2.26. The maximum Gasteiger partial charge on any atom is 0.320 e. The third-order valence-corrected chi connectivity index (χ3v) is 3.66. The maximum absolute atomic E-state index is 11.0. The Balaban J connectivity index is 1.81. The zero-order valence-corrected chi connectivity index (χ0v) is 11.4. The van der Waals surface area contributed by atoms with Crippen molar-refractivity contribution in [1.29, 1.82) is 0 Å². The number of carbonyl (C=O) groups is 1. The Bertz CT molecular complexity index is 408. The molecule has 1 aromatic rings. The number of benzene rings is 1. The lowest BCUT2D eigenvalue weighted by Crippen LogP contribution is -2.44. The molecule has 0 spiro atoms. The lowest BCUT2D eigenvalue weighted by Gasteiger charge is -2.19. The minimum absolute atomic E-state index is 0.296. The molecule has 0 aliphatic carbocycles. The van der Waals surface area contributed by atoms with E-state index in [0.29, 0.717) is 12.5 Å². The van der Waals surface area contributed by atoms with Crippen molar-refractivity contribution >= 4 is 5.97 Å². The highest BCUT2D eigenvalue weighted by Crippen LogP contribution is 2.14. The Morgan fingerprint density at radius 3 is 2.84 bits per heavy atom. The van der Waals surface area contributed by atoms with Crippen molar-refractivity contribution in [2.75, 3.05) is 13.1 Å². The summed E-state index contributed by atoms with van der Waals surface area (Å²) < 4.78 is 0. The van der Waals surface area contributed by atoms with Gasteiger partial charge in [-0.25, -0.2) is 0 Å². The molecule has 0 radical (unpaired) electrons. The highest BCUT2D eigenvalue weighted by molar-refractivity contribution is 5.73. The Morgan fingerprint density at radius 1 is 1.47 bits per heavy atom. The topological polar surface area (TPSA) is 52.6 Å². The van der Waals surface area contributed by atoms with E-state index in [0.717, 1.165) is 26.1 Å². The van der Waals surface area contributed by atoms with Crippen LogP contribution in [0.4, 0.5) is 0 Å². The van der Waals surface area contributed by atoms with E-state index in [1.165, 1.54) is 5.56 Å². The van der Waals surface area contributed by atoms with Gasteiger partial charge in [-0.3, -0.25) is 9.69 Å². The molecule has 4 heteroatoms. The van der Waals surface area contributed by atoms with E-state index in [4.69, 9.17) is 5.11 Å².